The van der Waals surface area contributed by atoms with Crippen molar-refractivity contribution in [1.29, 1.82) is 0 Å². The van der Waals surface area contributed by atoms with Crippen molar-refractivity contribution in [3.63, 3.8) is 0 Å². The van der Waals surface area contributed by atoms with Crippen molar-refractivity contribution in [2.45, 2.75) is 13.8 Å². The lowest BCUT2D eigenvalue weighted by molar-refractivity contribution is 0.0206. The summed E-state index contributed by atoms with van der Waals surface area (Å²) in [6, 6.07) is 4.46. The highest BCUT2D eigenvalue weighted by atomic mass is 16.7. The van der Waals surface area contributed by atoms with E-state index in [4.69, 9.17) is 19.3 Å². The van der Waals surface area contributed by atoms with Crippen molar-refractivity contribution in [1.82, 2.24) is 0 Å². The first kappa shape index (κ1) is 13.3. The summed E-state index contributed by atoms with van der Waals surface area (Å²) in [7, 11) is 0. The Morgan fingerprint density at radius 2 is 1.94 bits per heavy atom. The molecule has 0 saturated heterocycles. The first-order chi connectivity index (χ1) is 8.19. The number of rotatable bonds is 7. The van der Waals surface area contributed by atoms with Gasteiger partial charge in [-0.3, -0.25) is 0 Å². The molecular formula is C12H16O5. The molecule has 0 bridgehead atoms. The number of carboxylic acids is 1. The highest BCUT2D eigenvalue weighted by Gasteiger charge is 2.10. The summed E-state index contributed by atoms with van der Waals surface area (Å²) in [4.78, 5) is 10.8. The Hall–Kier alpha value is -1.75. The number of carbonyl (C=O) groups is 1. The van der Waals surface area contributed by atoms with Gasteiger partial charge in [-0.15, -0.1) is 0 Å². The molecule has 0 aliphatic heterocycles. The molecule has 0 aromatic heterocycles. The van der Waals surface area contributed by atoms with Gasteiger partial charge in [-0.2, -0.15) is 0 Å². The Kier molecular flexibility index (Phi) is 5.29. The highest BCUT2D eigenvalue weighted by molar-refractivity contribution is 5.88. The van der Waals surface area contributed by atoms with Crippen LogP contribution in [0.5, 0.6) is 11.5 Å². The third-order valence-corrected chi connectivity index (χ3v) is 1.99. The zero-order chi connectivity index (χ0) is 12.7. The molecule has 5 heteroatoms. The summed E-state index contributed by atoms with van der Waals surface area (Å²) < 4.78 is 15.7. The zero-order valence-corrected chi connectivity index (χ0v) is 9.93. The Morgan fingerprint density at radius 1 is 1.18 bits per heavy atom. The van der Waals surface area contributed by atoms with Crippen LogP contribution in [-0.4, -0.2) is 31.1 Å². The van der Waals surface area contributed by atoms with E-state index >= 15 is 0 Å². The van der Waals surface area contributed by atoms with Gasteiger partial charge in [0.1, 0.15) is 0 Å². The third kappa shape index (κ3) is 3.96. The zero-order valence-electron chi connectivity index (χ0n) is 9.93. The third-order valence-electron chi connectivity index (χ3n) is 1.99. The lowest BCUT2D eigenvalue weighted by atomic mass is 10.2. The number of ether oxygens (including phenoxy) is 3. The van der Waals surface area contributed by atoms with Crippen LogP contribution in [0.25, 0.3) is 0 Å². The van der Waals surface area contributed by atoms with E-state index in [9.17, 15) is 4.79 Å². The van der Waals surface area contributed by atoms with Gasteiger partial charge in [0, 0.05) is 6.61 Å². The number of hydrogen-bond donors (Lipinski definition) is 1. The van der Waals surface area contributed by atoms with E-state index in [0.717, 1.165) is 0 Å². The van der Waals surface area contributed by atoms with Gasteiger partial charge in [-0.1, -0.05) is 0 Å². The second-order valence-corrected chi connectivity index (χ2v) is 3.15. The summed E-state index contributed by atoms with van der Waals surface area (Å²) in [5.74, 6) is -0.111. The van der Waals surface area contributed by atoms with Crippen molar-refractivity contribution in [3.05, 3.63) is 23.8 Å². The van der Waals surface area contributed by atoms with Crippen molar-refractivity contribution in [2.75, 3.05) is 20.0 Å². The molecule has 0 fully saturated rings. The number of carboxylic acid groups (broad SMARTS) is 1. The molecule has 0 unspecified atom stereocenters. The van der Waals surface area contributed by atoms with E-state index in [0.29, 0.717) is 24.7 Å². The Labute approximate surface area is 99.9 Å². The van der Waals surface area contributed by atoms with Crippen LogP contribution in [0.4, 0.5) is 0 Å². The molecule has 94 valence electrons. The monoisotopic (exact) mass is 240 g/mol. The maximum absolute atomic E-state index is 10.8. The van der Waals surface area contributed by atoms with Crippen LogP contribution >= 0.6 is 0 Å². The van der Waals surface area contributed by atoms with Crippen LogP contribution in [0, 0.1) is 0 Å². The molecule has 0 spiro atoms. The van der Waals surface area contributed by atoms with Crippen LogP contribution in [0.1, 0.15) is 24.2 Å². The molecule has 0 radical (unpaired) electrons. The van der Waals surface area contributed by atoms with Crippen LogP contribution in [-0.2, 0) is 4.74 Å². The minimum atomic E-state index is -0.998. The standard InChI is InChI=1S/C12H16O5/c1-3-15-8-17-10-6-5-9(12(13)14)7-11(10)16-4-2/h5-7H,3-4,8H2,1-2H3,(H,13,14). The first-order valence-electron chi connectivity index (χ1n) is 5.39. The molecule has 5 nitrogen and oxygen atoms in total. The largest absolute Gasteiger partial charge is 0.490 e. The first-order valence-corrected chi connectivity index (χ1v) is 5.39. The highest BCUT2D eigenvalue weighted by Crippen LogP contribution is 2.28. The summed E-state index contributed by atoms with van der Waals surface area (Å²) in [5.41, 5.74) is 0.164. The van der Waals surface area contributed by atoms with E-state index < -0.39 is 5.97 Å². The van der Waals surface area contributed by atoms with Crippen molar-refractivity contribution < 1.29 is 24.1 Å². The Morgan fingerprint density at radius 3 is 2.53 bits per heavy atom. The molecule has 1 aromatic rings. The lowest BCUT2D eigenvalue weighted by Gasteiger charge is -2.12. The van der Waals surface area contributed by atoms with Gasteiger partial charge in [-0.05, 0) is 32.0 Å². The van der Waals surface area contributed by atoms with Crippen LogP contribution in [0.3, 0.4) is 0 Å². The lowest BCUT2D eigenvalue weighted by Crippen LogP contribution is -2.05. The van der Waals surface area contributed by atoms with Gasteiger partial charge >= 0.3 is 5.97 Å². The van der Waals surface area contributed by atoms with E-state index in [2.05, 4.69) is 0 Å². The van der Waals surface area contributed by atoms with Crippen molar-refractivity contribution >= 4 is 5.97 Å². The van der Waals surface area contributed by atoms with Gasteiger partial charge in [-0.25, -0.2) is 4.79 Å². The Bertz CT molecular complexity index is 375. The minimum Gasteiger partial charge on any atom is -0.490 e. The molecule has 0 atom stereocenters. The topological polar surface area (TPSA) is 65.0 Å². The van der Waals surface area contributed by atoms with E-state index in [1.54, 1.807) is 6.07 Å². The van der Waals surface area contributed by atoms with E-state index in [-0.39, 0.29) is 12.4 Å². The average Bonchev–Trinajstić information content (AvgIpc) is 2.31. The molecule has 0 amide bonds. The maximum atomic E-state index is 10.8. The summed E-state index contributed by atoms with van der Waals surface area (Å²) in [6.07, 6.45) is 0. The summed E-state index contributed by atoms with van der Waals surface area (Å²) in [6.45, 7) is 4.79. The van der Waals surface area contributed by atoms with E-state index in [1.165, 1.54) is 12.1 Å². The fourth-order valence-corrected chi connectivity index (χ4v) is 1.22. The fourth-order valence-electron chi connectivity index (χ4n) is 1.22. The van der Waals surface area contributed by atoms with Gasteiger partial charge in [0.05, 0.1) is 12.2 Å². The molecule has 17 heavy (non-hydrogen) atoms. The maximum Gasteiger partial charge on any atom is 0.335 e. The van der Waals surface area contributed by atoms with Gasteiger partial charge in [0.25, 0.3) is 0 Å². The molecule has 1 aromatic carbocycles. The van der Waals surface area contributed by atoms with Crippen LogP contribution < -0.4 is 9.47 Å². The Balaban J connectivity index is 2.83. The fraction of sp³-hybridized carbons (Fsp3) is 0.417. The molecule has 1 N–H and O–H groups in total. The molecule has 0 saturated carbocycles. The molecule has 0 heterocycles. The van der Waals surface area contributed by atoms with Crippen molar-refractivity contribution in [2.24, 2.45) is 0 Å². The van der Waals surface area contributed by atoms with Crippen molar-refractivity contribution in [3.8, 4) is 11.5 Å². The number of benzene rings is 1. The number of aromatic carboxylic acids is 1. The summed E-state index contributed by atoms with van der Waals surface area (Å²) in [5, 5.41) is 8.86. The van der Waals surface area contributed by atoms with Gasteiger partial charge < -0.3 is 19.3 Å². The van der Waals surface area contributed by atoms with Crippen LogP contribution in [0.15, 0.2) is 18.2 Å². The second-order valence-electron chi connectivity index (χ2n) is 3.15. The average molecular weight is 240 g/mol. The quantitative estimate of drug-likeness (QED) is 0.584. The summed E-state index contributed by atoms with van der Waals surface area (Å²) >= 11 is 0. The molecular weight excluding hydrogens is 224 g/mol. The molecule has 1 rings (SSSR count). The molecule has 0 aliphatic rings. The van der Waals surface area contributed by atoms with Crippen LogP contribution in [0.2, 0.25) is 0 Å². The minimum absolute atomic E-state index is 0.114. The van der Waals surface area contributed by atoms with Gasteiger partial charge in [0.15, 0.2) is 18.3 Å². The number of hydrogen-bond acceptors (Lipinski definition) is 4. The smallest absolute Gasteiger partial charge is 0.335 e. The SMILES string of the molecule is CCOCOc1ccc(C(=O)O)cc1OCC. The van der Waals surface area contributed by atoms with Gasteiger partial charge in [0.2, 0.25) is 0 Å². The normalized spacial score (nSPS) is 10.0. The second kappa shape index (κ2) is 6.75. The predicted molar refractivity (Wildman–Crippen MR) is 61.7 cm³/mol. The molecule has 0 aliphatic carbocycles. The predicted octanol–water partition coefficient (Wildman–Crippen LogP) is 2.16. The van der Waals surface area contributed by atoms with E-state index in [1.807, 2.05) is 13.8 Å².